The lowest BCUT2D eigenvalue weighted by Gasteiger charge is -2.31. The van der Waals surface area contributed by atoms with Crippen LogP contribution in [0.15, 0.2) is 176 Å². The topological polar surface area (TPSA) is 3.24 Å². The van der Waals surface area contributed by atoms with Gasteiger partial charge in [0.15, 0.2) is 0 Å². The lowest BCUT2D eigenvalue weighted by molar-refractivity contribution is 0.490. The van der Waals surface area contributed by atoms with Crippen molar-refractivity contribution in [3.63, 3.8) is 0 Å². The summed E-state index contributed by atoms with van der Waals surface area (Å²) in [4.78, 5) is 2.51. The van der Waals surface area contributed by atoms with E-state index in [1.54, 1.807) is 0 Å². The Balaban J connectivity index is 1.09. The third-order valence-corrected chi connectivity index (χ3v) is 14.8. The standard InChI is InChI=1S/C59H51N/c1-7-59(8-2)52-25-15-10-19-43(52)48-37-41(33-35-53(48)59)60(40-31-28-38(29-32-40)39-30-34-51-47(36-39)42-18-9-13-23-49(42)57(51,3)4)55-27-16-12-20-44(55)45-22-17-26-54-56(45)46-21-11-14-24-50(46)58(54,5)6/h9-37H,7-8H2,1-6H3. The molecule has 0 heterocycles. The number of hydrogen-bond acceptors (Lipinski definition) is 1. The molecule has 292 valence electrons. The largest absolute Gasteiger partial charge is 0.310 e. The lowest BCUT2D eigenvalue weighted by atomic mass is 9.74. The van der Waals surface area contributed by atoms with Gasteiger partial charge in [-0.2, -0.15) is 0 Å². The summed E-state index contributed by atoms with van der Waals surface area (Å²) in [6.07, 6.45) is 2.15. The monoisotopic (exact) mass is 773 g/mol. The van der Waals surface area contributed by atoms with Crippen molar-refractivity contribution >= 4 is 17.1 Å². The van der Waals surface area contributed by atoms with Gasteiger partial charge in [-0.05, 0) is 133 Å². The van der Waals surface area contributed by atoms with E-state index in [-0.39, 0.29) is 16.2 Å². The van der Waals surface area contributed by atoms with Gasteiger partial charge in [0.25, 0.3) is 0 Å². The van der Waals surface area contributed by atoms with Crippen LogP contribution in [0.3, 0.4) is 0 Å². The van der Waals surface area contributed by atoms with Gasteiger partial charge < -0.3 is 4.90 Å². The number of nitrogens with zero attached hydrogens (tertiary/aromatic N) is 1. The summed E-state index contributed by atoms with van der Waals surface area (Å²) < 4.78 is 0. The molecule has 60 heavy (non-hydrogen) atoms. The fourth-order valence-corrected chi connectivity index (χ4v) is 11.6. The van der Waals surface area contributed by atoms with Crippen LogP contribution in [0.2, 0.25) is 0 Å². The molecule has 0 atom stereocenters. The average Bonchev–Trinajstić information content (AvgIpc) is 3.81. The lowest BCUT2D eigenvalue weighted by Crippen LogP contribution is -2.23. The number of benzene rings is 8. The molecule has 0 radical (unpaired) electrons. The first-order valence-electron chi connectivity index (χ1n) is 21.9. The molecule has 0 saturated heterocycles. The molecular formula is C59H51N. The first-order valence-corrected chi connectivity index (χ1v) is 21.9. The van der Waals surface area contributed by atoms with Crippen molar-refractivity contribution in [2.75, 3.05) is 4.90 Å². The van der Waals surface area contributed by atoms with Crippen molar-refractivity contribution in [3.8, 4) is 55.6 Å². The van der Waals surface area contributed by atoms with E-state index in [2.05, 4.69) is 222 Å². The van der Waals surface area contributed by atoms with Crippen LogP contribution in [-0.2, 0) is 16.2 Å². The van der Waals surface area contributed by atoms with E-state index in [9.17, 15) is 0 Å². The third kappa shape index (κ3) is 5.05. The fraction of sp³-hybridized carbons (Fsp3) is 0.186. The summed E-state index contributed by atoms with van der Waals surface area (Å²) in [5, 5.41) is 0. The third-order valence-electron chi connectivity index (χ3n) is 14.8. The fourth-order valence-electron chi connectivity index (χ4n) is 11.6. The molecule has 0 amide bonds. The van der Waals surface area contributed by atoms with Crippen LogP contribution in [0.5, 0.6) is 0 Å². The molecule has 0 saturated carbocycles. The summed E-state index contributed by atoms with van der Waals surface area (Å²) in [5.41, 5.74) is 24.9. The number of anilines is 3. The van der Waals surface area contributed by atoms with Gasteiger partial charge >= 0.3 is 0 Å². The summed E-state index contributed by atoms with van der Waals surface area (Å²) in [6.45, 7) is 14.2. The molecule has 0 unspecified atom stereocenters. The van der Waals surface area contributed by atoms with Gasteiger partial charge in [-0.25, -0.2) is 0 Å². The van der Waals surface area contributed by atoms with Crippen molar-refractivity contribution in [2.45, 2.75) is 70.6 Å². The van der Waals surface area contributed by atoms with Crippen LogP contribution >= 0.6 is 0 Å². The maximum atomic E-state index is 2.51. The zero-order valence-electron chi connectivity index (χ0n) is 35.6. The highest BCUT2D eigenvalue weighted by atomic mass is 15.1. The van der Waals surface area contributed by atoms with E-state index in [0.717, 1.165) is 24.2 Å². The van der Waals surface area contributed by atoms with Gasteiger partial charge in [0.1, 0.15) is 0 Å². The summed E-state index contributed by atoms with van der Waals surface area (Å²) in [6, 6.07) is 66.7. The summed E-state index contributed by atoms with van der Waals surface area (Å²) in [7, 11) is 0. The van der Waals surface area contributed by atoms with Gasteiger partial charge in [-0.1, -0.05) is 181 Å². The summed E-state index contributed by atoms with van der Waals surface area (Å²) in [5.74, 6) is 0. The van der Waals surface area contributed by atoms with Crippen LogP contribution in [0.1, 0.15) is 87.8 Å². The van der Waals surface area contributed by atoms with E-state index in [4.69, 9.17) is 0 Å². The Morgan fingerprint density at radius 3 is 1.53 bits per heavy atom. The van der Waals surface area contributed by atoms with Crippen molar-refractivity contribution in [1.29, 1.82) is 0 Å². The molecule has 0 aromatic heterocycles. The highest BCUT2D eigenvalue weighted by molar-refractivity contribution is 5.99. The van der Waals surface area contributed by atoms with Crippen molar-refractivity contribution in [1.82, 2.24) is 0 Å². The Kier molecular flexibility index (Phi) is 8.11. The molecule has 0 fully saturated rings. The normalized spacial score (nSPS) is 15.4. The highest BCUT2D eigenvalue weighted by Gasteiger charge is 2.41. The zero-order chi connectivity index (χ0) is 41.0. The van der Waals surface area contributed by atoms with Crippen molar-refractivity contribution < 1.29 is 0 Å². The molecule has 1 nitrogen and oxygen atoms in total. The Bertz CT molecular complexity index is 3010. The molecular weight excluding hydrogens is 723 g/mol. The average molecular weight is 774 g/mol. The van der Waals surface area contributed by atoms with Gasteiger partial charge in [0.2, 0.25) is 0 Å². The van der Waals surface area contributed by atoms with E-state index < -0.39 is 0 Å². The SMILES string of the molecule is CCC1(CC)c2ccccc2-c2cc(N(c3ccc(-c4ccc5c(c4)-c4ccccc4C5(C)C)cc3)c3ccccc3-c3cccc4c3-c3ccccc3C4(C)C)ccc21. The molecule has 8 aromatic carbocycles. The minimum atomic E-state index is -0.0831. The minimum Gasteiger partial charge on any atom is -0.310 e. The Morgan fingerprint density at radius 2 is 0.817 bits per heavy atom. The number of fused-ring (bicyclic) bond motifs is 9. The second-order valence-corrected chi connectivity index (χ2v) is 18.3. The molecule has 8 aromatic rings. The van der Waals surface area contributed by atoms with Gasteiger partial charge in [-0.15, -0.1) is 0 Å². The van der Waals surface area contributed by atoms with E-state index in [0.29, 0.717) is 0 Å². The van der Waals surface area contributed by atoms with E-state index in [1.807, 2.05) is 0 Å². The Hall–Kier alpha value is -6.44. The van der Waals surface area contributed by atoms with E-state index in [1.165, 1.54) is 94.7 Å². The molecule has 3 aliphatic carbocycles. The number of para-hydroxylation sites is 1. The quantitative estimate of drug-likeness (QED) is 0.156. The molecule has 1 heteroatoms. The van der Waals surface area contributed by atoms with Crippen LogP contribution in [0.4, 0.5) is 17.1 Å². The van der Waals surface area contributed by atoms with Crippen LogP contribution in [0.25, 0.3) is 55.6 Å². The smallest absolute Gasteiger partial charge is 0.0540 e. The molecule has 11 rings (SSSR count). The van der Waals surface area contributed by atoms with E-state index >= 15 is 0 Å². The Morgan fingerprint density at radius 1 is 0.350 bits per heavy atom. The first-order chi connectivity index (χ1) is 29.2. The molecule has 0 aliphatic heterocycles. The van der Waals surface area contributed by atoms with Crippen molar-refractivity contribution in [3.05, 3.63) is 209 Å². The second-order valence-electron chi connectivity index (χ2n) is 18.3. The summed E-state index contributed by atoms with van der Waals surface area (Å²) >= 11 is 0. The molecule has 0 spiro atoms. The predicted octanol–water partition coefficient (Wildman–Crippen LogP) is 16.2. The van der Waals surface area contributed by atoms with Crippen LogP contribution in [-0.4, -0.2) is 0 Å². The molecule has 0 bridgehead atoms. The predicted molar refractivity (Wildman–Crippen MR) is 254 cm³/mol. The maximum Gasteiger partial charge on any atom is 0.0540 e. The number of hydrogen-bond donors (Lipinski definition) is 0. The maximum absolute atomic E-state index is 2.51. The van der Waals surface area contributed by atoms with Crippen LogP contribution < -0.4 is 4.90 Å². The highest BCUT2D eigenvalue weighted by Crippen LogP contribution is 2.57. The minimum absolute atomic E-state index is 0.0107. The van der Waals surface area contributed by atoms with Gasteiger partial charge in [0, 0.05) is 33.2 Å². The molecule has 3 aliphatic rings. The number of rotatable bonds is 7. The van der Waals surface area contributed by atoms with Crippen molar-refractivity contribution in [2.24, 2.45) is 0 Å². The van der Waals surface area contributed by atoms with Gasteiger partial charge in [0.05, 0.1) is 5.69 Å². The van der Waals surface area contributed by atoms with Crippen LogP contribution in [0, 0.1) is 0 Å². The second kappa shape index (κ2) is 13.3. The molecule has 0 N–H and O–H groups in total. The Labute approximate surface area is 356 Å². The van der Waals surface area contributed by atoms with Gasteiger partial charge in [-0.3, -0.25) is 0 Å². The first kappa shape index (κ1) is 36.6. The zero-order valence-corrected chi connectivity index (χ0v) is 35.6.